The molecule has 1 aliphatic heterocycles. The molecule has 1 aliphatic rings. The minimum Gasteiger partial charge on any atom is -0.314 e. The van der Waals surface area contributed by atoms with Gasteiger partial charge in [0.05, 0.1) is 0 Å². The molecule has 0 saturated carbocycles. The van der Waals surface area contributed by atoms with E-state index >= 15 is 0 Å². The summed E-state index contributed by atoms with van der Waals surface area (Å²) < 4.78 is 0. The predicted octanol–water partition coefficient (Wildman–Crippen LogP) is 1.74. The topological polar surface area (TPSA) is 12.0 Å². The molecule has 0 aromatic rings. The highest BCUT2D eigenvalue weighted by Gasteiger charge is 2.20. The second kappa shape index (κ2) is 3.63. The average molecular weight is 159 g/mol. The van der Waals surface area contributed by atoms with Crippen molar-refractivity contribution in [2.45, 2.75) is 31.3 Å². The quantitative estimate of drug-likeness (QED) is 0.673. The van der Waals surface area contributed by atoms with Crippen LogP contribution < -0.4 is 5.32 Å². The van der Waals surface area contributed by atoms with Crippen molar-refractivity contribution in [3.05, 3.63) is 0 Å². The van der Waals surface area contributed by atoms with E-state index in [0.29, 0.717) is 0 Å². The van der Waals surface area contributed by atoms with E-state index in [9.17, 15) is 0 Å². The summed E-state index contributed by atoms with van der Waals surface area (Å²) in [6.45, 7) is 9.37. The van der Waals surface area contributed by atoms with Crippen molar-refractivity contribution >= 4 is 11.8 Å². The van der Waals surface area contributed by atoms with Gasteiger partial charge in [-0.2, -0.15) is 11.8 Å². The SMILES string of the molecule is CC(C)C(C)SC1CNC1. The van der Waals surface area contributed by atoms with E-state index in [1.807, 2.05) is 0 Å². The first-order valence-corrected chi connectivity index (χ1v) is 5.00. The summed E-state index contributed by atoms with van der Waals surface area (Å²) in [6, 6.07) is 0. The Kier molecular flexibility index (Phi) is 3.05. The Morgan fingerprint density at radius 2 is 1.90 bits per heavy atom. The van der Waals surface area contributed by atoms with Crippen LogP contribution in [-0.2, 0) is 0 Å². The van der Waals surface area contributed by atoms with Crippen LogP contribution in [0.2, 0.25) is 0 Å². The summed E-state index contributed by atoms with van der Waals surface area (Å²) in [5, 5.41) is 5.01. The van der Waals surface area contributed by atoms with E-state index in [4.69, 9.17) is 0 Å². The zero-order valence-electron chi connectivity index (χ0n) is 7.05. The Hall–Kier alpha value is 0.310. The van der Waals surface area contributed by atoms with E-state index in [-0.39, 0.29) is 0 Å². The van der Waals surface area contributed by atoms with Crippen molar-refractivity contribution in [3.63, 3.8) is 0 Å². The number of thioether (sulfide) groups is 1. The largest absolute Gasteiger partial charge is 0.314 e. The van der Waals surface area contributed by atoms with Crippen molar-refractivity contribution in [2.24, 2.45) is 5.92 Å². The zero-order chi connectivity index (χ0) is 7.56. The van der Waals surface area contributed by atoms with Gasteiger partial charge in [-0.1, -0.05) is 20.8 Å². The number of rotatable bonds is 3. The van der Waals surface area contributed by atoms with Gasteiger partial charge in [-0.3, -0.25) is 0 Å². The molecule has 0 radical (unpaired) electrons. The Morgan fingerprint density at radius 3 is 2.20 bits per heavy atom. The second-order valence-electron chi connectivity index (χ2n) is 3.37. The molecular formula is C8H17NS. The maximum atomic E-state index is 3.28. The van der Waals surface area contributed by atoms with Crippen LogP contribution in [0.15, 0.2) is 0 Å². The van der Waals surface area contributed by atoms with E-state index in [2.05, 4.69) is 37.8 Å². The number of hydrogen-bond acceptors (Lipinski definition) is 2. The van der Waals surface area contributed by atoms with Gasteiger partial charge in [-0.15, -0.1) is 0 Å². The standard InChI is InChI=1S/C8H17NS/c1-6(2)7(3)10-8-4-9-5-8/h6-9H,4-5H2,1-3H3. The molecule has 1 fully saturated rings. The monoisotopic (exact) mass is 159 g/mol. The molecule has 0 spiro atoms. The van der Waals surface area contributed by atoms with Gasteiger partial charge in [-0.05, 0) is 5.92 Å². The Balaban J connectivity index is 2.10. The normalized spacial score (nSPS) is 22.8. The van der Waals surface area contributed by atoms with Crippen molar-refractivity contribution in [1.29, 1.82) is 0 Å². The molecular weight excluding hydrogens is 142 g/mol. The summed E-state index contributed by atoms with van der Waals surface area (Å²) in [6.07, 6.45) is 0. The highest BCUT2D eigenvalue weighted by Crippen LogP contribution is 2.25. The molecule has 1 N–H and O–H groups in total. The van der Waals surface area contributed by atoms with Gasteiger partial charge in [0.15, 0.2) is 0 Å². The third-order valence-corrected chi connectivity index (χ3v) is 3.78. The molecule has 1 rings (SSSR count). The van der Waals surface area contributed by atoms with E-state index in [1.165, 1.54) is 13.1 Å². The summed E-state index contributed by atoms with van der Waals surface area (Å²) in [7, 11) is 0. The fraction of sp³-hybridized carbons (Fsp3) is 1.00. The molecule has 1 atom stereocenters. The lowest BCUT2D eigenvalue weighted by Crippen LogP contribution is -2.45. The highest BCUT2D eigenvalue weighted by molar-refractivity contribution is 8.00. The first-order valence-electron chi connectivity index (χ1n) is 4.06. The minimum absolute atomic E-state index is 0.825. The first kappa shape index (κ1) is 8.41. The summed E-state index contributed by atoms with van der Waals surface area (Å²) in [5.74, 6) is 0.825. The molecule has 60 valence electrons. The van der Waals surface area contributed by atoms with Gasteiger partial charge < -0.3 is 5.32 Å². The lowest BCUT2D eigenvalue weighted by Gasteiger charge is -2.30. The molecule has 0 aliphatic carbocycles. The van der Waals surface area contributed by atoms with Crippen molar-refractivity contribution in [2.75, 3.05) is 13.1 Å². The fourth-order valence-electron chi connectivity index (χ4n) is 0.819. The Labute approximate surface area is 68.0 Å². The van der Waals surface area contributed by atoms with Crippen LogP contribution in [0.5, 0.6) is 0 Å². The third-order valence-electron chi connectivity index (χ3n) is 2.09. The molecule has 1 heterocycles. The fourth-order valence-corrected chi connectivity index (χ4v) is 2.17. The molecule has 0 bridgehead atoms. The summed E-state index contributed by atoms with van der Waals surface area (Å²) in [5.41, 5.74) is 0. The van der Waals surface area contributed by atoms with Gasteiger partial charge in [-0.25, -0.2) is 0 Å². The molecule has 2 heteroatoms. The second-order valence-corrected chi connectivity index (χ2v) is 5.05. The van der Waals surface area contributed by atoms with E-state index in [0.717, 1.165) is 16.4 Å². The maximum Gasteiger partial charge on any atom is 0.0300 e. The molecule has 0 aromatic carbocycles. The minimum atomic E-state index is 0.825. The van der Waals surface area contributed by atoms with E-state index < -0.39 is 0 Å². The van der Waals surface area contributed by atoms with Crippen molar-refractivity contribution < 1.29 is 0 Å². The lowest BCUT2D eigenvalue weighted by molar-refractivity contribution is 0.536. The van der Waals surface area contributed by atoms with Crippen LogP contribution in [0.3, 0.4) is 0 Å². The molecule has 0 aromatic heterocycles. The van der Waals surface area contributed by atoms with Crippen LogP contribution in [-0.4, -0.2) is 23.6 Å². The molecule has 1 unspecified atom stereocenters. The maximum absolute atomic E-state index is 3.28. The van der Waals surface area contributed by atoms with Crippen LogP contribution in [0.4, 0.5) is 0 Å². The predicted molar refractivity (Wildman–Crippen MR) is 48.5 cm³/mol. The van der Waals surface area contributed by atoms with Gasteiger partial charge in [0.2, 0.25) is 0 Å². The molecule has 0 amide bonds. The molecule has 10 heavy (non-hydrogen) atoms. The lowest BCUT2D eigenvalue weighted by atomic mass is 10.2. The first-order chi connectivity index (χ1) is 4.70. The van der Waals surface area contributed by atoms with Crippen LogP contribution in [0.1, 0.15) is 20.8 Å². The average Bonchev–Trinajstić information content (AvgIpc) is 1.77. The van der Waals surface area contributed by atoms with Gasteiger partial charge in [0.25, 0.3) is 0 Å². The molecule has 1 nitrogen and oxygen atoms in total. The van der Waals surface area contributed by atoms with Gasteiger partial charge >= 0.3 is 0 Å². The Bertz CT molecular complexity index is 99.4. The number of hydrogen-bond donors (Lipinski definition) is 1. The summed E-state index contributed by atoms with van der Waals surface area (Å²) in [4.78, 5) is 0. The van der Waals surface area contributed by atoms with Crippen molar-refractivity contribution in [3.8, 4) is 0 Å². The van der Waals surface area contributed by atoms with Crippen LogP contribution in [0.25, 0.3) is 0 Å². The van der Waals surface area contributed by atoms with Crippen molar-refractivity contribution in [1.82, 2.24) is 5.32 Å². The van der Waals surface area contributed by atoms with Gasteiger partial charge in [0, 0.05) is 23.6 Å². The zero-order valence-corrected chi connectivity index (χ0v) is 7.87. The summed E-state index contributed by atoms with van der Waals surface area (Å²) >= 11 is 2.13. The van der Waals surface area contributed by atoms with Crippen LogP contribution >= 0.6 is 11.8 Å². The molecule has 1 saturated heterocycles. The third kappa shape index (κ3) is 2.17. The van der Waals surface area contributed by atoms with Gasteiger partial charge in [0.1, 0.15) is 0 Å². The number of nitrogens with one attached hydrogen (secondary N) is 1. The Morgan fingerprint density at radius 1 is 1.30 bits per heavy atom. The smallest absolute Gasteiger partial charge is 0.0300 e. The van der Waals surface area contributed by atoms with Crippen LogP contribution in [0, 0.1) is 5.92 Å². The van der Waals surface area contributed by atoms with E-state index in [1.54, 1.807) is 0 Å². The highest BCUT2D eigenvalue weighted by atomic mass is 32.2.